The Kier molecular flexibility index (Phi) is 5.80. The Hall–Kier alpha value is -4.27. The van der Waals surface area contributed by atoms with Crippen LogP contribution in [0.25, 0.3) is 0 Å². The van der Waals surface area contributed by atoms with E-state index in [0.29, 0.717) is 16.9 Å². The summed E-state index contributed by atoms with van der Waals surface area (Å²) in [5.41, 5.74) is 1.62. The molecule has 0 saturated carbocycles. The van der Waals surface area contributed by atoms with E-state index < -0.39 is 23.8 Å². The molecular weight excluding hydrogens is 412 g/mol. The van der Waals surface area contributed by atoms with Gasteiger partial charge in [-0.25, -0.2) is 4.90 Å². The Morgan fingerprint density at radius 3 is 2.56 bits per heavy atom. The predicted molar refractivity (Wildman–Crippen MR) is 114 cm³/mol. The van der Waals surface area contributed by atoms with Crippen LogP contribution in [0.4, 0.5) is 11.4 Å². The fourth-order valence-corrected chi connectivity index (χ4v) is 3.58. The lowest BCUT2D eigenvalue weighted by Crippen LogP contribution is -2.45. The van der Waals surface area contributed by atoms with Gasteiger partial charge >= 0.3 is 0 Å². The Balaban J connectivity index is 1.62. The average molecular weight is 432 g/mol. The molecule has 9 heteroatoms. The number of pyridine rings is 1. The molecule has 1 atom stereocenters. The van der Waals surface area contributed by atoms with Crippen molar-refractivity contribution >= 4 is 35.0 Å². The molecule has 0 spiro atoms. The highest BCUT2D eigenvalue weighted by Crippen LogP contribution is 2.28. The first kappa shape index (κ1) is 21.0. The summed E-state index contributed by atoms with van der Waals surface area (Å²) in [5, 5.41) is 2.63. The number of aromatic nitrogens is 1. The van der Waals surface area contributed by atoms with Crippen molar-refractivity contribution in [2.75, 3.05) is 10.2 Å². The number of hydrogen-bond acceptors (Lipinski definition) is 6. The molecule has 0 aliphatic carbocycles. The third-order valence-electron chi connectivity index (χ3n) is 5.01. The first-order valence-corrected chi connectivity index (χ1v) is 9.92. The van der Waals surface area contributed by atoms with E-state index in [-0.39, 0.29) is 24.6 Å². The highest BCUT2D eigenvalue weighted by atomic mass is 16.3. The summed E-state index contributed by atoms with van der Waals surface area (Å²) in [5.74, 6) is -1.57. The van der Waals surface area contributed by atoms with Crippen LogP contribution in [0.15, 0.2) is 71.6 Å². The zero-order chi connectivity index (χ0) is 22.7. The van der Waals surface area contributed by atoms with Gasteiger partial charge in [0, 0.05) is 31.5 Å². The SMILES string of the molecule is CC(=O)Nc1ccc(N2C(=O)CC(N(Cc3cccnc3)C(=O)c3ccco3)C2=O)cc1. The second-order valence-electron chi connectivity index (χ2n) is 7.29. The number of amides is 4. The number of furan rings is 1. The van der Waals surface area contributed by atoms with Crippen LogP contribution < -0.4 is 10.2 Å². The lowest BCUT2D eigenvalue weighted by atomic mass is 10.1. The van der Waals surface area contributed by atoms with Gasteiger partial charge in [0.05, 0.1) is 18.4 Å². The van der Waals surface area contributed by atoms with Crippen LogP contribution in [-0.4, -0.2) is 39.6 Å². The lowest BCUT2D eigenvalue weighted by Gasteiger charge is -2.27. The van der Waals surface area contributed by atoms with Gasteiger partial charge in [-0.05, 0) is 48.0 Å². The number of nitrogens with one attached hydrogen (secondary N) is 1. The number of carbonyl (C=O) groups excluding carboxylic acids is 4. The largest absolute Gasteiger partial charge is 0.459 e. The molecule has 4 amide bonds. The molecule has 0 bridgehead atoms. The standard InChI is InChI=1S/C23H20N4O5/c1-15(28)25-17-6-8-18(9-7-17)27-21(29)12-19(22(27)30)26(14-16-4-2-10-24-13-16)23(31)20-5-3-11-32-20/h2-11,13,19H,12,14H2,1H3,(H,25,28). The normalized spacial score (nSPS) is 15.7. The molecule has 1 aliphatic rings. The van der Waals surface area contributed by atoms with E-state index in [9.17, 15) is 19.2 Å². The number of nitrogens with zero attached hydrogens (tertiary/aromatic N) is 3. The molecule has 1 N–H and O–H groups in total. The third-order valence-corrected chi connectivity index (χ3v) is 5.01. The van der Waals surface area contributed by atoms with Crippen molar-refractivity contribution in [3.63, 3.8) is 0 Å². The van der Waals surface area contributed by atoms with Crippen LogP contribution in [-0.2, 0) is 20.9 Å². The van der Waals surface area contributed by atoms with Crippen molar-refractivity contribution in [1.82, 2.24) is 9.88 Å². The smallest absolute Gasteiger partial charge is 0.290 e. The monoisotopic (exact) mass is 432 g/mol. The first-order valence-electron chi connectivity index (χ1n) is 9.92. The molecule has 9 nitrogen and oxygen atoms in total. The van der Waals surface area contributed by atoms with E-state index in [0.717, 1.165) is 4.90 Å². The molecular formula is C23H20N4O5. The lowest BCUT2D eigenvalue weighted by molar-refractivity contribution is -0.122. The summed E-state index contributed by atoms with van der Waals surface area (Å²) < 4.78 is 5.24. The topological polar surface area (TPSA) is 113 Å². The van der Waals surface area contributed by atoms with E-state index in [4.69, 9.17) is 4.42 Å². The maximum Gasteiger partial charge on any atom is 0.290 e. The number of hydrogen-bond donors (Lipinski definition) is 1. The van der Waals surface area contributed by atoms with Crippen molar-refractivity contribution in [2.24, 2.45) is 0 Å². The minimum absolute atomic E-state index is 0.0762. The van der Waals surface area contributed by atoms with Crippen LogP contribution >= 0.6 is 0 Å². The molecule has 162 valence electrons. The highest BCUT2D eigenvalue weighted by molar-refractivity contribution is 6.23. The van der Waals surface area contributed by atoms with E-state index in [2.05, 4.69) is 10.3 Å². The third kappa shape index (κ3) is 4.27. The summed E-state index contributed by atoms with van der Waals surface area (Å²) in [7, 11) is 0. The minimum Gasteiger partial charge on any atom is -0.459 e. The van der Waals surface area contributed by atoms with E-state index >= 15 is 0 Å². The number of carbonyl (C=O) groups is 4. The molecule has 1 aliphatic heterocycles. The van der Waals surface area contributed by atoms with Crippen LogP contribution in [0.3, 0.4) is 0 Å². The summed E-state index contributed by atoms with van der Waals surface area (Å²) in [6.07, 6.45) is 4.43. The Morgan fingerprint density at radius 1 is 1.16 bits per heavy atom. The average Bonchev–Trinajstić information content (AvgIpc) is 3.41. The predicted octanol–water partition coefficient (Wildman–Crippen LogP) is 2.61. The van der Waals surface area contributed by atoms with Gasteiger partial charge in [0.25, 0.3) is 11.8 Å². The molecule has 32 heavy (non-hydrogen) atoms. The molecule has 0 radical (unpaired) electrons. The molecule has 4 rings (SSSR count). The zero-order valence-electron chi connectivity index (χ0n) is 17.2. The van der Waals surface area contributed by atoms with Gasteiger partial charge in [0.15, 0.2) is 5.76 Å². The van der Waals surface area contributed by atoms with Crippen LogP contribution in [0, 0.1) is 0 Å². The summed E-state index contributed by atoms with van der Waals surface area (Å²) in [4.78, 5) is 56.9. The molecule has 3 heterocycles. The van der Waals surface area contributed by atoms with Gasteiger partial charge in [-0.3, -0.25) is 24.2 Å². The Bertz CT molecular complexity index is 1140. The van der Waals surface area contributed by atoms with Crippen molar-refractivity contribution in [3.8, 4) is 0 Å². The van der Waals surface area contributed by atoms with E-state index in [1.807, 2.05) is 0 Å². The van der Waals surface area contributed by atoms with Crippen LogP contribution in [0.2, 0.25) is 0 Å². The molecule has 1 unspecified atom stereocenters. The second kappa shape index (κ2) is 8.84. The number of rotatable bonds is 6. The molecule has 2 aromatic heterocycles. The van der Waals surface area contributed by atoms with E-state index in [1.165, 1.54) is 24.2 Å². The molecule has 1 fully saturated rings. The quantitative estimate of drug-likeness (QED) is 0.599. The van der Waals surface area contributed by atoms with Crippen molar-refractivity contribution in [3.05, 3.63) is 78.5 Å². The van der Waals surface area contributed by atoms with Gasteiger partial charge in [-0.1, -0.05) is 6.07 Å². The first-order chi connectivity index (χ1) is 15.4. The molecule has 1 aromatic carbocycles. The Labute approximate surface area is 183 Å². The zero-order valence-corrected chi connectivity index (χ0v) is 17.2. The van der Waals surface area contributed by atoms with Crippen molar-refractivity contribution in [1.29, 1.82) is 0 Å². The van der Waals surface area contributed by atoms with Gasteiger partial charge in [0.1, 0.15) is 6.04 Å². The second-order valence-corrected chi connectivity index (χ2v) is 7.29. The minimum atomic E-state index is -0.990. The molecule has 1 saturated heterocycles. The van der Waals surface area contributed by atoms with E-state index in [1.54, 1.807) is 54.9 Å². The number of anilines is 2. The number of imide groups is 1. The van der Waals surface area contributed by atoms with Crippen LogP contribution in [0.1, 0.15) is 29.5 Å². The summed E-state index contributed by atoms with van der Waals surface area (Å²) in [6.45, 7) is 1.48. The van der Waals surface area contributed by atoms with Crippen molar-refractivity contribution in [2.45, 2.75) is 25.9 Å². The Morgan fingerprint density at radius 2 is 1.94 bits per heavy atom. The van der Waals surface area contributed by atoms with Gasteiger partial charge in [-0.2, -0.15) is 0 Å². The summed E-state index contributed by atoms with van der Waals surface area (Å²) in [6, 6.07) is 12.0. The maximum absolute atomic E-state index is 13.3. The summed E-state index contributed by atoms with van der Waals surface area (Å²) >= 11 is 0. The fourth-order valence-electron chi connectivity index (χ4n) is 3.58. The highest BCUT2D eigenvalue weighted by Gasteiger charge is 2.45. The fraction of sp³-hybridized carbons (Fsp3) is 0.174. The molecule has 3 aromatic rings. The van der Waals surface area contributed by atoms with Gasteiger partial charge in [0.2, 0.25) is 11.8 Å². The maximum atomic E-state index is 13.3. The number of benzene rings is 1. The van der Waals surface area contributed by atoms with Gasteiger partial charge in [-0.15, -0.1) is 0 Å². The van der Waals surface area contributed by atoms with Crippen LogP contribution in [0.5, 0.6) is 0 Å². The van der Waals surface area contributed by atoms with Gasteiger partial charge < -0.3 is 14.6 Å². The van der Waals surface area contributed by atoms with Crippen molar-refractivity contribution < 1.29 is 23.6 Å².